The molecular formula is C17H20FNO3. The zero-order valence-corrected chi connectivity index (χ0v) is 12.4. The van der Waals surface area contributed by atoms with Crippen molar-refractivity contribution in [3.05, 3.63) is 41.7 Å². The van der Waals surface area contributed by atoms with Crippen LogP contribution >= 0.6 is 0 Å². The van der Waals surface area contributed by atoms with E-state index in [2.05, 4.69) is 0 Å². The maximum Gasteiger partial charge on any atom is 0.246 e. The molecule has 2 heterocycles. The molecule has 0 aromatic heterocycles. The van der Waals surface area contributed by atoms with Gasteiger partial charge in [-0.15, -0.1) is 0 Å². The van der Waals surface area contributed by atoms with Crippen LogP contribution in [0.4, 0.5) is 4.39 Å². The van der Waals surface area contributed by atoms with E-state index in [0.29, 0.717) is 13.2 Å². The molecule has 0 bridgehead atoms. The number of ether oxygens (including phenoxy) is 2. The Hall–Kier alpha value is -1.72. The first kappa shape index (κ1) is 15.2. The zero-order valence-electron chi connectivity index (χ0n) is 12.4. The Bertz CT molecular complexity index is 537. The van der Waals surface area contributed by atoms with Gasteiger partial charge in [0.05, 0.1) is 19.3 Å². The molecule has 0 saturated carbocycles. The van der Waals surface area contributed by atoms with E-state index in [4.69, 9.17) is 9.47 Å². The number of carbonyl (C=O) groups excluding carboxylic acids is 1. The van der Waals surface area contributed by atoms with E-state index in [1.54, 1.807) is 24.3 Å². The number of rotatable bonds is 3. The van der Waals surface area contributed by atoms with Gasteiger partial charge >= 0.3 is 0 Å². The zero-order chi connectivity index (χ0) is 15.4. The van der Waals surface area contributed by atoms with Crippen molar-refractivity contribution in [2.45, 2.75) is 31.6 Å². The van der Waals surface area contributed by atoms with Crippen molar-refractivity contribution in [1.82, 2.24) is 4.90 Å². The molecule has 5 heteroatoms. The minimum absolute atomic E-state index is 0.0124. The Morgan fingerprint density at radius 1 is 1.18 bits per heavy atom. The van der Waals surface area contributed by atoms with Crippen LogP contribution in [0.3, 0.4) is 0 Å². The van der Waals surface area contributed by atoms with Crippen LogP contribution in [0.1, 0.15) is 24.8 Å². The molecule has 1 atom stereocenters. The highest BCUT2D eigenvalue weighted by molar-refractivity contribution is 5.92. The Balaban J connectivity index is 1.67. The third-order valence-electron chi connectivity index (χ3n) is 4.08. The highest BCUT2D eigenvalue weighted by Gasteiger charge is 2.35. The SMILES string of the molecule is O=C(/C=C/c1ccc(F)cc1)N1CCCC[C@H]1C1OCCO1. The minimum atomic E-state index is -0.302. The topological polar surface area (TPSA) is 38.8 Å². The van der Waals surface area contributed by atoms with Crippen LogP contribution < -0.4 is 0 Å². The summed E-state index contributed by atoms with van der Waals surface area (Å²) in [6.07, 6.45) is 5.94. The number of benzene rings is 1. The monoisotopic (exact) mass is 305 g/mol. The van der Waals surface area contributed by atoms with E-state index in [-0.39, 0.29) is 24.1 Å². The van der Waals surface area contributed by atoms with Gasteiger partial charge in [0.1, 0.15) is 5.82 Å². The summed E-state index contributed by atoms with van der Waals surface area (Å²) in [6, 6.07) is 6.05. The molecular weight excluding hydrogens is 285 g/mol. The van der Waals surface area contributed by atoms with E-state index in [9.17, 15) is 9.18 Å². The summed E-state index contributed by atoms with van der Waals surface area (Å²) in [6.45, 7) is 1.91. The number of hydrogen-bond donors (Lipinski definition) is 0. The number of hydrogen-bond acceptors (Lipinski definition) is 3. The van der Waals surface area contributed by atoms with Gasteiger partial charge in [0.15, 0.2) is 6.29 Å². The van der Waals surface area contributed by atoms with Crippen LogP contribution in [0.15, 0.2) is 30.3 Å². The third-order valence-corrected chi connectivity index (χ3v) is 4.08. The molecule has 2 aliphatic heterocycles. The third kappa shape index (κ3) is 3.54. The van der Waals surface area contributed by atoms with Gasteiger partial charge < -0.3 is 14.4 Å². The van der Waals surface area contributed by atoms with Gasteiger partial charge in [0.2, 0.25) is 5.91 Å². The summed E-state index contributed by atoms with van der Waals surface area (Å²) in [4.78, 5) is 14.3. The van der Waals surface area contributed by atoms with Gasteiger partial charge in [-0.1, -0.05) is 12.1 Å². The lowest BCUT2D eigenvalue weighted by Gasteiger charge is -2.37. The van der Waals surface area contributed by atoms with Gasteiger partial charge in [0, 0.05) is 12.6 Å². The first-order chi connectivity index (χ1) is 10.7. The maximum atomic E-state index is 12.9. The minimum Gasteiger partial charge on any atom is -0.348 e. The number of piperidine rings is 1. The predicted molar refractivity (Wildman–Crippen MR) is 80.5 cm³/mol. The highest BCUT2D eigenvalue weighted by Crippen LogP contribution is 2.24. The second-order valence-electron chi connectivity index (χ2n) is 5.59. The Labute approximate surface area is 129 Å². The van der Waals surface area contributed by atoms with Crippen LogP contribution in [0.25, 0.3) is 6.08 Å². The molecule has 0 N–H and O–H groups in total. The second-order valence-corrected chi connectivity index (χ2v) is 5.59. The van der Waals surface area contributed by atoms with Crippen molar-refractivity contribution >= 4 is 12.0 Å². The van der Waals surface area contributed by atoms with Crippen LogP contribution in [-0.4, -0.2) is 42.9 Å². The number of amides is 1. The molecule has 2 saturated heterocycles. The van der Waals surface area contributed by atoms with Crippen molar-refractivity contribution in [3.8, 4) is 0 Å². The number of halogens is 1. The normalized spacial score (nSPS) is 23.3. The average Bonchev–Trinajstić information content (AvgIpc) is 3.08. The van der Waals surface area contributed by atoms with E-state index in [1.807, 2.05) is 4.90 Å². The summed E-state index contributed by atoms with van der Waals surface area (Å²) in [5, 5.41) is 0. The van der Waals surface area contributed by atoms with E-state index in [0.717, 1.165) is 31.4 Å². The summed E-state index contributed by atoms with van der Waals surface area (Å²) in [5.74, 6) is -0.330. The van der Waals surface area contributed by atoms with Gasteiger partial charge in [-0.05, 0) is 43.0 Å². The van der Waals surface area contributed by atoms with Gasteiger partial charge in [-0.3, -0.25) is 4.79 Å². The fraction of sp³-hybridized carbons (Fsp3) is 0.471. The molecule has 1 aromatic carbocycles. The van der Waals surface area contributed by atoms with Crippen LogP contribution in [0.2, 0.25) is 0 Å². The van der Waals surface area contributed by atoms with Crippen molar-refractivity contribution in [3.63, 3.8) is 0 Å². The number of likely N-dealkylation sites (tertiary alicyclic amines) is 1. The first-order valence-electron chi connectivity index (χ1n) is 7.71. The summed E-state index contributed by atoms with van der Waals surface area (Å²) < 4.78 is 24.0. The average molecular weight is 305 g/mol. The molecule has 118 valence electrons. The molecule has 3 rings (SSSR count). The fourth-order valence-corrected chi connectivity index (χ4v) is 2.95. The van der Waals surface area contributed by atoms with E-state index >= 15 is 0 Å². The highest BCUT2D eigenvalue weighted by atomic mass is 19.1. The second kappa shape index (κ2) is 7.03. The van der Waals surface area contributed by atoms with Crippen molar-refractivity contribution in [2.24, 2.45) is 0 Å². The summed E-state index contributed by atoms with van der Waals surface area (Å²) >= 11 is 0. The first-order valence-corrected chi connectivity index (χ1v) is 7.71. The Morgan fingerprint density at radius 2 is 1.91 bits per heavy atom. The lowest BCUT2D eigenvalue weighted by atomic mass is 10.0. The van der Waals surface area contributed by atoms with Gasteiger partial charge in [0.25, 0.3) is 0 Å². The fourth-order valence-electron chi connectivity index (χ4n) is 2.95. The predicted octanol–water partition coefficient (Wildman–Crippen LogP) is 2.59. The van der Waals surface area contributed by atoms with Crippen LogP contribution in [0.5, 0.6) is 0 Å². The Kier molecular flexibility index (Phi) is 4.85. The molecule has 4 nitrogen and oxygen atoms in total. The molecule has 0 spiro atoms. The van der Waals surface area contributed by atoms with Crippen molar-refractivity contribution in [2.75, 3.05) is 19.8 Å². The Morgan fingerprint density at radius 3 is 2.64 bits per heavy atom. The standard InChI is InChI=1S/C17H20FNO3/c18-14-7-4-13(5-8-14)6-9-16(20)19-10-2-1-3-15(19)17-21-11-12-22-17/h4-9,15,17H,1-3,10-12H2/b9-6+/t15-/m0/s1. The molecule has 22 heavy (non-hydrogen) atoms. The number of nitrogens with zero attached hydrogens (tertiary/aromatic N) is 1. The smallest absolute Gasteiger partial charge is 0.246 e. The summed E-state index contributed by atoms with van der Waals surface area (Å²) in [5.41, 5.74) is 0.802. The van der Waals surface area contributed by atoms with E-state index < -0.39 is 0 Å². The summed E-state index contributed by atoms with van der Waals surface area (Å²) in [7, 11) is 0. The van der Waals surface area contributed by atoms with Gasteiger partial charge in [-0.2, -0.15) is 0 Å². The molecule has 2 fully saturated rings. The molecule has 0 aliphatic carbocycles. The van der Waals surface area contributed by atoms with Gasteiger partial charge in [-0.25, -0.2) is 4.39 Å². The molecule has 0 radical (unpaired) electrons. The molecule has 0 unspecified atom stereocenters. The largest absolute Gasteiger partial charge is 0.348 e. The van der Waals surface area contributed by atoms with Crippen molar-refractivity contribution < 1.29 is 18.7 Å². The van der Waals surface area contributed by atoms with Crippen LogP contribution in [0, 0.1) is 5.82 Å². The van der Waals surface area contributed by atoms with Crippen molar-refractivity contribution in [1.29, 1.82) is 0 Å². The van der Waals surface area contributed by atoms with E-state index in [1.165, 1.54) is 12.1 Å². The maximum absolute atomic E-state index is 12.9. The molecule has 1 amide bonds. The lowest BCUT2D eigenvalue weighted by molar-refractivity contribution is -0.145. The molecule has 2 aliphatic rings. The lowest BCUT2D eigenvalue weighted by Crippen LogP contribution is -2.49. The quantitative estimate of drug-likeness (QED) is 0.806. The van der Waals surface area contributed by atoms with Crippen LogP contribution in [-0.2, 0) is 14.3 Å². The molecule has 1 aromatic rings. The number of carbonyl (C=O) groups is 1.